The van der Waals surface area contributed by atoms with Crippen LogP contribution in [0.25, 0.3) is 30.4 Å². The van der Waals surface area contributed by atoms with E-state index in [4.69, 9.17) is 44.8 Å². The number of carbonyl (C=O) groups excluding carboxylic acids is 10. The summed E-state index contributed by atoms with van der Waals surface area (Å²) in [5, 5.41) is 59.8. The summed E-state index contributed by atoms with van der Waals surface area (Å²) >= 11 is 6.08. The van der Waals surface area contributed by atoms with Gasteiger partial charge >= 0.3 is 0 Å². The van der Waals surface area contributed by atoms with Gasteiger partial charge in [-0.3, -0.25) is 52.9 Å². The molecule has 730 valence electrons. The molecule has 6 heterocycles. The number of aromatic nitrogens is 1. The van der Waals surface area contributed by atoms with E-state index in [2.05, 4.69) is 37.9 Å². The largest absolute Gasteiger partial charge is 0.507 e. The lowest BCUT2D eigenvalue weighted by atomic mass is 9.97. The normalized spacial score (nSPS) is 16.9. The van der Waals surface area contributed by atoms with Crippen LogP contribution >= 0.6 is 11.6 Å². The van der Waals surface area contributed by atoms with Crippen molar-refractivity contribution in [3.05, 3.63) is 310 Å². The monoisotopic (exact) mass is 1920 g/mol. The molecule has 0 saturated carbocycles. The Kier molecular flexibility index (Phi) is 38.6. The van der Waals surface area contributed by atoms with Crippen LogP contribution in [0.3, 0.4) is 0 Å². The second kappa shape index (κ2) is 51.5. The molecule has 5 saturated heterocycles. The number of morpholine rings is 1. The Hall–Kier alpha value is -15.6. The zero-order valence-corrected chi connectivity index (χ0v) is 78.9. The Bertz CT molecular complexity index is 6140. The highest BCUT2D eigenvalue weighted by Gasteiger charge is 2.42. The highest BCUT2D eigenvalue weighted by atomic mass is 35.5. The van der Waals surface area contributed by atoms with Gasteiger partial charge in [-0.2, -0.15) is 0 Å². The molecule has 15 rings (SSSR count). The second-order valence-corrected chi connectivity index (χ2v) is 33.9. The van der Waals surface area contributed by atoms with Crippen molar-refractivity contribution in [2.75, 3.05) is 85.6 Å². The van der Waals surface area contributed by atoms with Crippen LogP contribution in [0.2, 0.25) is 5.02 Å². The number of phenolic OH excluding ortho intramolecular Hbond substituents is 6. The maximum Gasteiger partial charge on any atom is 0.255 e. The van der Waals surface area contributed by atoms with Crippen LogP contribution in [0.4, 0.5) is 0 Å². The van der Waals surface area contributed by atoms with Crippen molar-refractivity contribution in [1.82, 2.24) is 29.5 Å². The minimum atomic E-state index is -0.829. The fraction of sp³-hybridized carbons (Fsp3) is 0.282. The van der Waals surface area contributed by atoms with Gasteiger partial charge < -0.3 is 88.3 Å². The van der Waals surface area contributed by atoms with E-state index in [-0.39, 0.29) is 153 Å². The van der Waals surface area contributed by atoms with Gasteiger partial charge in [0.05, 0.1) is 121 Å². The summed E-state index contributed by atoms with van der Waals surface area (Å²) in [7, 11) is 0. The molecule has 1 aromatic heterocycles. The van der Waals surface area contributed by atoms with Crippen molar-refractivity contribution in [1.29, 1.82) is 0 Å². The Morgan fingerprint density at radius 1 is 0.371 bits per heavy atom. The Labute approximate surface area is 818 Å². The number of aromatic hydroxyl groups is 6. The number of hydrogen-bond donors (Lipinski definition) is 6. The number of rotatable bonds is 32. The molecule has 0 bridgehead atoms. The third-order valence-electron chi connectivity index (χ3n) is 24.6. The summed E-state index contributed by atoms with van der Waals surface area (Å²) in [5.41, 5.74) is 4.21. The molecule has 5 fully saturated rings. The zero-order chi connectivity index (χ0) is 100. The molecule has 30 heteroatoms. The molecule has 10 aromatic rings. The number of pyridine rings is 1. The number of carbonyl (C=O) groups is 10. The predicted molar refractivity (Wildman–Crippen MR) is 534 cm³/mol. The molecule has 0 aliphatic carbocycles. The van der Waals surface area contributed by atoms with Crippen molar-refractivity contribution in [3.63, 3.8) is 0 Å². The van der Waals surface area contributed by atoms with Crippen molar-refractivity contribution < 1.29 is 112 Å². The number of benzene rings is 9. The lowest BCUT2D eigenvalue weighted by Crippen LogP contribution is -2.60. The lowest BCUT2D eigenvalue weighted by Gasteiger charge is -2.44. The van der Waals surface area contributed by atoms with E-state index in [1.54, 1.807) is 158 Å². The van der Waals surface area contributed by atoms with E-state index in [0.717, 1.165) is 81.9 Å². The fourth-order valence-corrected chi connectivity index (χ4v) is 17.5. The van der Waals surface area contributed by atoms with Crippen molar-refractivity contribution in [3.8, 4) is 69.0 Å². The van der Waals surface area contributed by atoms with E-state index in [0.29, 0.717) is 158 Å². The summed E-state index contributed by atoms with van der Waals surface area (Å²) in [6.07, 6.45) is 23.5. The van der Waals surface area contributed by atoms with Gasteiger partial charge in [0, 0.05) is 61.8 Å². The Balaban J connectivity index is 0.000000167. The molecule has 5 aliphatic heterocycles. The number of aldehydes is 5. The van der Waals surface area contributed by atoms with Gasteiger partial charge in [-0.15, -0.1) is 0 Å². The minimum absolute atomic E-state index is 0.0322. The topological polar surface area (TPSA) is 386 Å². The molecule has 5 atom stereocenters. The van der Waals surface area contributed by atoms with E-state index in [9.17, 15) is 78.6 Å². The number of ether oxygens (including phenoxy) is 7. The smallest absolute Gasteiger partial charge is 0.255 e. The molecule has 0 spiro atoms. The van der Waals surface area contributed by atoms with Crippen LogP contribution < -0.4 is 28.4 Å². The third kappa shape index (κ3) is 25.8. The average molecular weight is 1920 g/mol. The van der Waals surface area contributed by atoms with Gasteiger partial charge in [-0.1, -0.05) is 142 Å². The van der Waals surface area contributed by atoms with Gasteiger partial charge in [0.25, 0.3) is 29.5 Å². The molecule has 5 amide bonds. The zero-order valence-electron chi connectivity index (χ0n) is 78.2. The van der Waals surface area contributed by atoms with Crippen LogP contribution in [0.5, 0.6) is 69.0 Å². The minimum Gasteiger partial charge on any atom is -0.507 e. The van der Waals surface area contributed by atoms with Crippen molar-refractivity contribution in [2.45, 2.75) is 114 Å². The number of hydrogen-bond acceptors (Lipinski definition) is 24. The summed E-state index contributed by atoms with van der Waals surface area (Å²) < 4.78 is 40.7. The number of likely N-dealkylation sites (tertiary alicyclic amines) is 4. The molecule has 6 N–H and O–H groups in total. The number of piperidine rings is 3. The highest BCUT2D eigenvalue weighted by molar-refractivity contribution is 6.33. The number of amides is 5. The first-order chi connectivity index (χ1) is 67.9. The van der Waals surface area contributed by atoms with E-state index in [1.165, 1.54) is 61.0 Å². The maximum absolute atomic E-state index is 13.2. The second-order valence-electron chi connectivity index (χ2n) is 33.5. The van der Waals surface area contributed by atoms with Gasteiger partial charge in [0.2, 0.25) is 0 Å². The van der Waals surface area contributed by atoms with Crippen LogP contribution in [-0.2, 0) is 4.74 Å². The molecule has 9 aromatic carbocycles. The standard InChI is InChI=1S/C23H25NO5.C22H22ClNO4.C22H23NO6.C22H23NO4.C21H22N2O4/c1-3-17-20(26)10-6-12-21(17)29-15-16-8-7-13-24(16)23(27)18-9-5-11-22(28-4-2)19(18)14-25;1-2-16-20(26)10-6-11-21(16)28-14-15-7-3-4-12-24(15)22(27)17-8-5-9-19(23)18(17)13-25;1-3-15-18(25)8-5-9-20(15)29-14-22(2)13-28-11-10-23(22)21(27)16-6-4-7-19(26)17(16)12-24;1-2-16-8-3-4-12-21(16)27-15-17-9-5-6-13-23(17)22(26)18-10-7-11-20(25)19(18)14-24;1-2-17-19(25)7-5-8-20(17)27-14-16-6-3-4-11-23(16)21(26)18-9-10-22-12-15(18)13-24/h3,5-6,9-12,14,16,26H,1,4,7-8,13,15H2,2H3;2,5-6,8-11,13,15,26H,1,3-4,7,12,14H2;3-9,12,25-26H,1,10-11,13-14H2,2H3;2-4,7-8,10-12,14,17,25H,1,5-6,9,13,15H2;2,5,7-10,12-13,16,25H,1,3-4,6,11,14H2/t16-;15-;;17-;16-/m00.00/s1. The van der Waals surface area contributed by atoms with Crippen molar-refractivity contribution in [2.24, 2.45) is 0 Å². The molecule has 140 heavy (non-hydrogen) atoms. The average Bonchev–Trinajstić information content (AvgIpc) is 0.794. The summed E-state index contributed by atoms with van der Waals surface area (Å²) in [5.74, 6) is 1.80. The van der Waals surface area contributed by atoms with Crippen LogP contribution in [0.15, 0.2) is 221 Å². The third-order valence-corrected chi connectivity index (χ3v) is 25.0. The van der Waals surface area contributed by atoms with Gasteiger partial charge in [0.15, 0.2) is 31.4 Å². The molecule has 29 nitrogen and oxygen atoms in total. The van der Waals surface area contributed by atoms with E-state index < -0.39 is 11.4 Å². The van der Waals surface area contributed by atoms with Crippen LogP contribution in [-0.4, -0.2) is 236 Å². The maximum atomic E-state index is 13.2. The van der Waals surface area contributed by atoms with Gasteiger partial charge in [-0.25, -0.2) is 0 Å². The molecule has 5 aliphatic rings. The summed E-state index contributed by atoms with van der Waals surface area (Å²) in [4.78, 5) is 135. The first-order valence-electron chi connectivity index (χ1n) is 46.0. The first kappa shape index (κ1) is 105. The number of nitrogens with zero attached hydrogens (tertiary/aromatic N) is 6. The van der Waals surface area contributed by atoms with Gasteiger partial charge in [0.1, 0.15) is 102 Å². The SMILES string of the molecule is C=Cc1c(O)cccc1OCC1(C)COCCN1C(=O)c1cccc(O)c1C=O.C=Cc1c(O)cccc1OC[C@@H]1CCCCN1C(=O)c1cccc(Cl)c1C=O.C=Cc1c(O)cccc1OC[C@@H]1CCCCN1C(=O)c1ccncc1C=O.C=Cc1c(O)cccc1OC[C@@H]1CCCN1C(=O)c1cccc(OCC)c1C=O.C=Cc1ccccc1OC[C@@H]1CCCCN1C(=O)c1cccc(O)c1C=O. The molecule has 1 unspecified atom stereocenters. The Morgan fingerprint density at radius 2 is 0.714 bits per heavy atom. The van der Waals surface area contributed by atoms with Gasteiger partial charge in [-0.05, 0) is 194 Å². The fourth-order valence-electron chi connectivity index (χ4n) is 17.2. The number of halogens is 1. The number of para-hydroxylation sites is 1. The van der Waals surface area contributed by atoms with Crippen LogP contribution in [0, 0.1) is 0 Å². The van der Waals surface area contributed by atoms with Crippen molar-refractivity contribution >= 4 is 103 Å². The summed E-state index contributed by atoms with van der Waals surface area (Å²) in [6.45, 7) is 27.3. The predicted octanol–water partition coefficient (Wildman–Crippen LogP) is 18.6. The lowest BCUT2D eigenvalue weighted by molar-refractivity contribution is -0.0618. The van der Waals surface area contributed by atoms with E-state index in [1.807, 2.05) is 38.1 Å². The Morgan fingerprint density at radius 3 is 1.13 bits per heavy atom. The van der Waals surface area contributed by atoms with E-state index >= 15 is 0 Å². The van der Waals surface area contributed by atoms with Crippen LogP contribution in [0.1, 0.15) is 216 Å². The molecular weight excluding hydrogens is 1810 g/mol. The highest BCUT2D eigenvalue weighted by Crippen LogP contribution is 2.38. The first-order valence-corrected chi connectivity index (χ1v) is 46.4. The molecular formula is C110H115ClN6O23. The summed E-state index contributed by atoms with van der Waals surface area (Å²) in [6, 6.07) is 47.6. The number of phenols is 6. The molecule has 0 radical (unpaired) electrons. The quantitative estimate of drug-likeness (QED) is 0.0213.